The maximum absolute atomic E-state index is 13.0. The molecule has 0 saturated heterocycles. The van der Waals surface area contributed by atoms with Crippen molar-refractivity contribution in [2.24, 2.45) is 0 Å². The summed E-state index contributed by atoms with van der Waals surface area (Å²) in [4.78, 5) is 25.9. The number of thioether (sulfide) groups is 1. The number of aromatic nitrogens is 4. The number of carbonyl (C=O) groups is 1. The first-order valence-corrected chi connectivity index (χ1v) is 8.92. The van der Waals surface area contributed by atoms with Crippen LogP contribution in [0.25, 0.3) is 16.7 Å². The fraction of sp³-hybridized carbons (Fsp3) is 0.0526. The Bertz CT molecular complexity index is 1060. The second-order valence-corrected chi connectivity index (χ2v) is 6.18. The molecule has 0 N–H and O–H groups in total. The van der Waals surface area contributed by atoms with Crippen LogP contribution < -0.4 is 0 Å². The topological polar surface area (TPSA) is 60.7 Å². The highest BCUT2D eigenvalue weighted by molar-refractivity contribution is 7.98. The fourth-order valence-corrected chi connectivity index (χ4v) is 3.10. The Kier molecular flexibility index (Phi) is 4.03. The number of nitrogens with zero attached hydrogens (tertiary/aromatic N) is 4. The molecule has 0 atom stereocenters. The van der Waals surface area contributed by atoms with Crippen LogP contribution in [0.4, 0.5) is 0 Å². The average molecular weight is 346 g/mol. The largest absolute Gasteiger partial charge is 0.300 e. The molecule has 5 nitrogen and oxygen atoms in total. The molecule has 0 fully saturated rings. The molecular formula is C19H14N4OS. The second kappa shape index (κ2) is 6.49. The summed E-state index contributed by atoms with van der Waals surface area (Å²) in [5.74, 6) is 0.694. The van der Waals surface area contributed by atoms with Gasteiger partial charge in [0.1, 0.15) is 5.82 Å². The van der Waals surface area contributed by atoms with Gasteiger partial charge in [-0.25, -0.2) is 9.97 Å². The summed E-state index contributed by atoms with van der Waals surface area (Å²) >= 11 is 1.48. The van der Waals surface area contributed by atoms with E-state index in [0.29, 0.717) is 16.3 Å². The Morgan fingerprint density at radius 3 is 2.72 bits per heavy atom. The second-order valence-electron chi connectivity index (χ2n) is 5.40. The molecule has 0 unspecified atom stereocenters. The Hall–Kier alpha value is -2.99. The highest BCUT2D eigenvalue weighted by Gasteiger charge is 2.18. The van der Waals surface area contributed by atoms with E-state index in [0.717, 1.165) is 16.7 Å². The molecule has 25 heavy (non-hydrogen) atoms. The van der Waals surface area contributed by atoms with Crippen LogP contribution in [0.15, 0.2) is 72.4 Å². The highest BCUT2D eigenvalue weighted by Crippen LogP contribution is 2.26. The first-order chi connectivity index (χ1) is 12.3. The molecule has 0 spiro atoms. The van der Waals surface area contributed by atoms with Gasteiger partial charge in [0.15, 0.2) is 10.9 Å². The SMILES string of the molecule is CSc1nccc(-n2cc(C(=O)c3ccccc3)c3cnccc32)n1. The molecule has 4 rings (SSSR count). The Labute approximate surface area is 148 Å². The number of hydrogen-bond donors (Lipinski definition) is 0. The van der Waals surface area contributed by atoms with E-state index < -0.39 is 0 Å². The van der Waals surface area contributed by atoms with Gasteiger partial charge in [0.05, 0.1) is 11.1 Å². The summed E-state index contributed by atoms with van der Waals surface area (Å²) in [5, 5.41) is 1.49. The molecule has 0 radical (unpaired) electrons. The molecule has 0 aliphatic rings. The molecule has 0 aliphatic heterocycles. The number of carbonyl (C=O) groups excluding carboxylic acids is 1. The van der Waals surface area contributed by atoms with Crippen LogP contribution in [-0.2, 0) is 0 Å². The van der Waals surface area contributed by atoms with Gasteiger partial charge in [0.2, 0.25) is 0 Å². The van der Waals surface area contributed by atoms with Gasteiger partial charge in [0, 0.05) is 35.7 Å². The van der Waals surface area contributed by atoms with Crippen LogP contribution in [-0.4, -0.2) is 31.6 Å². The number of hydrogen-bond acceptors (Lipinski definition) is 5. The van der Waals surface area contributed by atoms with Crippen molar-refractivity contribution in [2.45, 2.75) is 5.16 Å². The van der Waals surface area contributed by atoms with E-state index in [9.17, 15) is 4.79 Å². The smallest absolute Gasteiger partial charge is 0.195 e. The molecule has 0 saturated carbocycles. The molecule has 6 heteroatoms. The van der Waals surface area contributed by atoms with Gasteiger partial charge < -0.3 is 4.57 Å². The predicted molar refractivity (Wildman–Crippen MR) is 98.3 cm³/mol. The van der Waals surface area contributed by atoms with Gasteiger partial charge in [0.25, 0.3) is 0 Å². The van der Waals surface area contributed by atoms with Crippen molar-refractivity contribution >= 4 is 28.4 Å². The molecule has 122 valence electrons. The lowest BCUT2D eigenvalue weighted by Gasteiger charge is -2.04. The third kappa shape index (κ3) is 2.81. The number of pyridine rings is 1. The minimum atomic E-state index is -0.0310. The monoisotopic (exact) mass is 346 g/mol. The van der Waals surface area contributed by atoms with E-state index in [1.54, 1.807) is 18.6 Å². The summed E-state index contributed by atoms with van der Waals surface area (Å²) in [6.07, 6.45) is 8.92. The number of ketones is 1. The number of rotatable bonds is 4. The Balaban J connectivity index is 1.91. The van der Waals surface area contributed by atoms with Crippen LogP contribution in [0.2, 0.25) is 0 Å². The molecule has 0 aliphatic carbocycles. The summed E-state index contributed by atoms with van der Waals surface area (Å²) in [5.41, 5.74) is 2.15. The lowest BCUT2D eigenvalue weighted by molar-refractivity contribution is 0.104. The van der Waals surface area contributed by atoms with Crippen LogP contribution in [0.3, 0.4) is 0 Å². The third-order valence-corrected chi connectivity index (χ3v) is 4.50. The molecular weight excluding hydrogens is 332 g/mol. The molecule has 3 heterocycles. The first kappa shape index (κ1) is 15.5. The van der Waals surface area contributed by atoms with Crippen LogP contribution in [0.1, 0.15) is 15.9 Å². The Morgan fingerprint density at radius 1 is 1.08 bits per heavy atom. The standard InChI is InChI=1S/C19H14N4OS/c1-25-19-21-10-8-17(22-19)23-12-15(14-11-20-9-7-16(14)23)18(24)13-5-3-2-4-6-13/h2-12H,1H3. The maximum Gasteiger partial charge on any atom is 0.195 e. The van der Waals surface area contributed by atoms with Crippen molar-refractivity contribution in [1.29, 1.82) is 0 Å². The lowest BCUT2D eigenvalue weighted by Crippen LogP contribution is -2.01. The van der Waals surface area contributed by atoms with Crippen molar-refractivity contribution in [1.82, 2.24) is 19.5 Å². The van der Waals surface area contributed by atoms with Crippen molar-refractivity contribution in [3.05, 3.63) is 78.4 Å². The first-order valence-electron chi connectivity index (χ1n) is 7.70. The van der Waals surface area contributed by atoms with Gasteiger partial charge in [-0.05, 0) is 18.4 Å². The average Bonchev–Trinajstić information content (AvgIpc) is 3.08. The zero-order chi connectivity index (χ0) is 17.2. The minimum absolute atomic E-state index is 0.0310. The van der Waals surface area contributed by atoms with Crippen LogP contribution in [0, 0.1) is 0 Å². The van der Waals surface area contributed by atoms with E-state index in [1.165, 1.54) is 11.8 Å². The van der Waals surface area contributed by atoms with E-state index in [4.69, 9.17) is 0 Å². The Morgan fingerprint density at radius 2 is 1.92 bits per heavy atom. The van der Waals surface area contributed by atoms with Gasteiger partial charge in [-0.1, -0.05) is 42.1 Å². The maximum atomic E-state index is 13.0. The minimum Gasteiger partial charge on any atom is -0.300 e. The molecule has 3 aromatic heterocycles. The number of fused-ring (bicyclic) bond motifs is 1. The molecule has 0 amide bonds. The summed E-state index contributed by atoms with van der Waals surface area (Å²) in [7, 11) is 0. The fourth-order valence-electron chi connectivity index (χ4n) is 2.75. The van der Waals surface area contributed by atoms with Crippen molar-refractivity contribution < 1.29 is 4.79 Å². The van der Waals surface area contributed by atoms with Gasteiger partial charge in [-0.3, -0.25) is 9.78 Å². The predicted octanol–water partition coefficient (Wildman–Crippen LogP) is 3.77. The van der Waals surface area contributed by atoms with E-state index in [1.807, 2.05) is 59.5 Å². The van der Waals surface area contributed by atoms with E-state index >= 15 is 0 Å². The summed E-state index contributed by atoms with van der Waals surface area (Å²) < 4.78 is 1.91. The zero-order valence-electron chi connectivity index (χ0n) is 13.5. The normalized spacial score (nSPS) is 10.9. The van der Waals surface area contributed by atoms with Crippen molar-refractivity contribution in [3.63, 3.8) is 0 Å². The summed E-state index contributed by atoms with van der Waals surface area (Å²) in [6, 6.07) is 13.0. The van der Waals surface area contributed by atoms with Gasteiger partial charge >= 0.3 is 0 Å². The zero-order valence-corrected chi connectivity index (χ0v) is 14.3. The molecule has 0 bridgehead atoms. The van der Waals surface area contributed by atoms with Gasteiger partial charge in [-0.15, -0.1) is 0 Å². The molecule has 4 aromatic rings. The molecule has 1 aromatic carbocycles. The lowest BCUT2D eigenvalue weighted by atomic mass is 10.0. The van der Waals surface area contributed by atoms with E-state index in [-0.39, 0.29) is 5.78 Å². The van der Waals surface area contributed by atoms with Crippen molar-refractivity contribution in [2.75, 3.05) is 6.26 Å². The van der Waals surface area contributed by atoms with Crippen LogP contribution >= 0.6 is 11.8 Å². The number of benzene rings is 1. The van der Waals surface area contributed by atoms with Crippen molar-refractivity contribution in [3.8, 4) is 5.82 Å². The highest BCUT2D eigenvalue weighted by atomic mass is 32.2. The quantitative estimate of drug-likeness (QED) is 0.320. The summed E-state index contributed by atoms with van der Waals surface area (Å²) in [6.45, 7) is 0. The third-order valence-electron chi connectivity index (χ3n) is 3.93. The van der Waals surface area contributed by atoms with Crippen LogP contribution in [0.5, 0.6) is 0 Å². The van der Waals surface area contributed by atoms with E-state index in [2.05, 4.69) is 15.0 Å². The van der Waals surface area contributed by atoms with Gasteiger partial charge in [-0.2, -0.15) is 0 Å².